The number of benzene rings is 1. The Bertz CT molecular complexity index is 322. The Balaban J connectivity index is 2.57. The van der Waals surface area contributed by atoms with Crippen LogP contribution in [0.1, 0.15) is 11.5 Å². The summed E-state index contributed by atoms with van der Waals surface area (Å²) in [6.45, 7) is 3.80. The second-order valence-corrected chi connectivity index (χ2v) is 3.24. The Morgan fingerprint density at radius 3 is 2.67 bits per heavy atom. The number of nitrogens with one attached hydrogen (secondary N) is 1. The smallest absolute Gasteiger partial charge is 0.243 e. The van der Waals surface area contributed by atoms with Crippen molar-refractivity contribution in [2.24, 2.45) is 0 Å². The minimum Gasteiger partial charge on any atom is -0.396 e. The molecule has 0 aliphatic carbocycles. The number of carbonyl (C=O) groups is 1. The minimum atomic E-state index is -0.218. The predicted molar refractivity (Wildman–Crippen MR) is 59.5 cm³/mol. The van der Waals surface area contributed by atoms with Crippen molar-refractivity contribution in [1.82, 2.24) is 5.32 Å². The molecule has 1 aromatic rings. The molecule has 1 rings (SSSR count). The molecule has 1 unspecified atom stereocenters. The number of hydrogen-bond donors (Lipinski definition) is 2. The lowest BCUT2D eigenvalue weighted by Gasteiger charge is -2.14. The van der Waals surface area contributed by atoms with Crippen LogP contribution >= 0.6 is 0 Å². The van der Waals surface area contributed by atoms with Gasteiger partial charge in [0.25, 0.3) is 0 Å². The summed E-state index contributed by atoms with van der Waals surface area (Å²) in [4.78, 5) is 11.0. The van der Waals surface area contributed by atoms with E-state index in [1.54, 1.807) is 0 Å². The highest BCUT2D eigenvalue weighted by atomic mass is 16.3. The second-order valence-electron chi connectivity index (χ2n) is 3.24. The first-order chi connectivity index (χ1) is 7.27. The third-order valence-corrected chi connectivity index (χ3v) is 2.20. The molecule has 0 aliphatic rings. The molecule has 0 aromatic heterocycles. The van der Waals surface area contributed by atoms with Crippen LogP contribution in [0, 0.1) is 0 Å². The monoisotopic (exact) mass is 205 g/mol. The van der Waals surface area contributed by atoms with Crippen LogP contribution in [0.4, 0.5) is 0 Å². The van der Waals surface area contributed by atoms with Crippen molar-refractivity contribution >= 4 is 5.91 Å². The van der Waals surface area contributed by atoms with E-state index in [4.69, 9.17) is 0 Å². The van der Waals surface area contributed by atoms with Gasteiger partial charge in [-0.1, -0.05) is 36.9 Å². The number of aliphatic hydroxyl groups is 1. The lowest BCUT2D eigenvalue weighted by molar-refractivity contribution is -0.116. The van der Waals surface area contributed by atoms with Crippen molar-refractivity contribution in [1.29, 1.82) is 0 Å². The van der Waals surface area contributed by atoms with E-state index in [9.17, 15) is 9.90 Å². The Morgan fingerprint density at radius 1 is 1.47 bits per heavy atom. The number of amides is 1. The largest absolute Gasteiger partial charge is 0.396 e. The van der Waals surface area contributed by atoms with E-state index in [0.717, 1.165) is 5.56 Å². The van der Waals surface area contributed by atoms with Crippen LogP contribution in [0.5, 0.6) is 0 Å². The van der Waals surface area contributed by atoms with Gasteiger partial charge in [-0.2, -0.15) is 0 Å². The Morgan fingerprint density at radius 2 is 2.13 bits per heavy atom. The van der Waals surface area contributed by atoms with Crippen molar-refractivity contribution in [2.75, 3.05) is 13.2 Å². The highest BCUT2D eigenvalue weighted by Crippen LogP contribution is 2.13. The molecule has 0 saturated heterocycles. The fourth-order valence-electron chi connectivity index (χ4n) is 1.31. The van der Waals surface area contributed by atoms with Gasteiger partial charge in [0.05, 0.1) is 6.61 Å². The Hall–Kier alpha value is -1.61. The predicted octanol–water partition coefficient (Wildman–Crippen LogP) is 1.06. The van der Waals surface area contributed by atoms with Gasteiger partial charge in [0.2, 0.25) is 5.91 Å². The highest BCUT2D eigenvalue weighted by molar-refractivity contribution is 5.86. The minimum absolute atomic E-state index is 0.0153. The molecule has 1 aromatic carbocycles. The molecule has 80 valence electrons. The highest BCUT2D eigenvalue weighted by Gasteiger charge is 2.10. The normalized spacial score (nSPS) is 11.8. The first kappa shape index (κ1) is 11.5. The van der Waals surface area contributed by atoms with Crippen molar-refractivity contribution in [3.8, 4) is 0 Å². The Kier molecular flexibility index (Phi) is 4.57. The number of carbonyl (C=O) groups excluding carboxylic acids is 1. The quantitative estimate of drug-likeness (QED) is 0.706. The van der Waals surface area contributed by atoms with Gasteiger partial charge in [-0.15, -0.1) is 0 Å². The lowest BCUT2D eigenvalue weighted by atomic mass is 10.0. The maximum Gasteiger partial charge on any atom is 0.243 e. The molecular formula is C12H15NO2. The maximum atomic E-state index is 11.0. The van der Waals surface area contributed by atoms with E-state index < -0.39 is 0 Å². The van der Waals surface area contributed by atoms with Crippen LogP contribution in [0.2, 0.25) is 0 Å². The zero-order valence-corrected chi connectivity index (χ0v) is 8.52. The molecule has 1 amide bonds. The van der Waals surface area contributed by atoms with Crippen LogP contribution < -0.4 is 5.32 Å². The average Bonchev–Trinajstić information content (AvgIpc) is 2.31. The van der Waals surface area contributed by atoms with Gasteiger partial charge >= 0.3 is 0 Å². The van der Waals surface area contributed by atoms with Crippen molar-refractivity contribution < 1.29 is 9.90 Å². The standard InChI is InChI=1S/C12H15NO2/c1-2-12(15)13-8-11(9-14)10-6-4-3-5-7-10/h2-7,11,14H,1,8-9H2,(H,13,15). The fourth-order valence-corrected chi connectivity index (χ4v) is 1.31. The first-order valence-electron chi connectivity index (χ1n) is 4.84. The summed E-state index contributed by atoms with van der Waals surface area (Å²) in [6.07, 6.45) is 1.22. The van der Waals surface area contributed by atoms with E-state index in [1.165, 1.54) is 6.08 Å². The molecule has 1 atom stereocenters. The summed E-state index contributed by atoms with van der Waals surface area (Å²) in [7, 11) is 0. The summed E-state index contributed by atoms with van der Waals surface area (Å²) in [5.74, 6) is -0.278. The van der Waals surface area contributed by atoms with E-state index in [2.05, 4.69) is 11.9 Å². The van der Waals surface area contributed by atoms with Crippen LogP contribution in [0.15, 0.2) is 43.0 Å². The lowest BCUT2D eigenvalue weighted by Crippen LogP contribution is -2.28. The molecule has 3 nitrogen and oxygen atoms in total. The van der Waals surface area contributed by atoms with Crippen molar-refractivity contribution in [3.05, 3.63) is 48.6 Å². The number of hydrogen-bond acceptors (Lipinski definition) is 2. The average molecular weight is 205 g/mol. The summed E-state index contributed by atoms with van der Waals surface area (Å²) in [5, 5.41) is 11.9. The zero-order chi connectivity index (χ0) is 11.1. The summed E-state index contributed by atoms with van der Waals surface area (Å²) in [6, 6.07) is 9.60. The zero-order valence-electron chi connectivity index (χ0n) is 8.52. The van der Waals surface area contributed by atoms with Crippen LogP contribution in [-0.2, 0) is 4.79 Å². The van der Waals surface area contributed by atoms with E-state index in [0.29, 0.717) is 6.54 Å². The number of aliphatic hydroxyl groups excluding tert-OH is 1. The molecule has 0 heterocycles. The molecule has 0 aliphatic heterocycles. The molecule has 0 radical (unpaired) electrons. The SMILES string of the molecule is C=CC(=O)NCC(CO)c1ccccc1. The van der Waals surface area contributed by atoms with Gasteiger partial charge in [-0.25, -0.2) is 0 Å². The van der Waals surface area contributed by atoms with Gasteiger partial charge in [0.15, 0.2) is 0 Å². The van der Waals surface area contributed by atoms with Gasteiger partial charge in [-0.05, 0) is 11.6 Å². The van der Waals surface area contributed by atoms with Gasteiger partial charge < -0.3 is 10.4 Å². The van der Waals surface area contributed by atoms with Crippen LogP contribution in [0.25, 0.3) is 0 Å². The fraction of sp³-hybridized carbons (Fsp3) is 0.250. The summed E-state index contributed by atoms with van der Waals surface area (Å²) in [5.41, 5.74) is 1.02. The molecule has 15 heavy (non-hydrogen) atoms. The molecule has 3 heteroatoms. The van der Waals surface area contributed by atoms with E-state index in [-0.39, 0.29) is 18.4 Å². The van der Waals surface area contributed by atoms with Gasteiger partial charge in [0.1, 0.15) is 0 Å². The first-order valence-corrected chi connectivity index (χ1v) is 4.84. The summed E-state index contributed by atoms with van der Waals surface area (Å²) >= 11 is 0. The second kappa shape index (κ2) is 5.98. The van der Waals surface area contributed by atoms with E-state index in [1.807, 2.05) is 30.3 Å². The topological polar surface area (TPSA) is 49.3 Å². The van der Waals surface area contributed by atoms with Crippen LogP contribution in [-0.4, -0.2) is 24.2 Å². The maximum absolute atomic E-state index is 11.0. The van der Waals surface area contributed by atoms with Crippen molar-refractivity contribution in [3.63, 3.8) is 0 Å². The third kappa shape index (κ3) is 3.56. The molecule has 0 bridgehead atoms. The van der Waals surface area contributed by atoms with Crippen LogP contribution in [0.3, 0.4) is 0 Å². The third-order valence-electron chi connectivity index (χ3n) is 2.20. The molecule has 0 fully saturated rings. The van der Waals surface area contributed by atoms with Gasteiger partial charge in [0, 0.05) is 12.5 Å². The summed E-state index contributed by atoms with van der Waals surface area (Å²) < 4.78 is 0. The van der Waals surface area contributed by atoms with Gasteiger partial charge in [-0.3, -0.25) is 4.79 Å². The number of rotatable bonds is 5. The Labute approximate surface area is 89.4 Å². The molecule has 2 N–H and O–H groups in total. The molecule has 0 spiro atoms. The molecule has 0 saturated carbocycles. The van der Waals surface area contributed by atoms with E-state index >= 15 is 0 Å². The molecular weight excluding hydrogens is 190 g/mol. The van der Waals surface area contributed by atoms with Crippen molar-refractivity contribution in [2.45, 2.75) is 5.92 Å².